The Bertz CT molecular complexity index is 1210. The maximum atomic E-state index is 14.3. The molecule has 0 aliphatic heterocycles. The molecule has 2 heterocycles. The van der Waals surface area contributed by atoms with Crippen molar-refractivity contribution in [3.05, 3.63) is 58.2 Å². The monoisotopic (exact) mass is 481 g/mol. The third-order valence-corrected chi connectivity index (χ3v) is 6.40. The highest BCUT2D eigenvalue weighted by Crippen LogP contribution is 2.48. The first-order chi connectivity index (χ1) is 16.7. The average Bonchev–Trinajstić information content (AvgIpc) is 3.36. The fourth-order valence-corrected chi connectivity index (χ4v) is 4.57. The van der Waals surface area contributed by atoms with E-state index in [0.29, 0.717) is 28.6 Å². The minimum absolute atomic E-state index is 0.0446. The number of hydrogen-bond donors (Lipinski definition) is 2. The molecule has 0 saturated heterocycles. The second-order valence-electron chi connectivity index (χ2n) is 10.1. The quantitative estimate of drug-likeness (QED) is 0.341. The van der Waals surface area contributed by atoms with Crippen molar-refractivity contribution in [2.24, 2.45) is 5.92 Å². The number of aryl methyl sites for hydroxylation is 1. The van der Waals surface area contributed by atoms with Gasteiger partial charge in [0, 0.05) is 36.4 Å². The molecule has 2 aromatic heterocycles. The lowest BCUT2D eigenvalue weighted by Crippen LogP contribution is -2.13. The predicted molar refractivity (Wildman–Crippen MR) is 129 cm³/mol. The van der Waals surface area contributed by atoms with Crippen molar-refractivity contribution >= 4 is 11.8 Å². The summed E-state index contributed by atoms with van der Waals surface area (Å²) >= 11 is 0. The zero-order valence-electron chi connectivity index (χ0n) is 20.4. The normalized spacial score (nSPS) is 14.4. The molecule has 35 heavy (non-hydrogen) atoms. The van der Waals surface area contributed by atoms with Crippen LogP contribution < -0.4 is 0 Å². The van der Waals surface area contributed by atoms with Gasteiger partial charge in [0.25, 0.3) is 0 Å². The summed E-state index contributed by atoms with van der Waals surface area (Å²) in [6.45, 7) is 6.06. The highest BCUT2D eigenvalue weighted by molar-refractivity contribution is 5.82. The summed E-state index contributed by atoms with van der Waals surface area (Å²) < 4.78 is 20.1. The molecule has 1 saturated carbocycles. The van der Waals surface area contributed by atoms with Crippen LogP contribution >= 0.6 is 0 Å². The number of nitrogens with one attached hydrogen (secondary N) is 1. The third kappa shape index (κ3) is 6.24. The molecule has 1 fully saturated rings. The molecule has 3 aromatic rings. The maximum absolute atomic E-state index is 14.3. The number of halogens is 1. The summed E-state index contributed by atoms with van der Waals surface area (Å²) in [5.74, 6) is -0.600. The van der Waals surface area contributed by atoms with Crippen LogP contribution in [0.3, 0.4) is 0 Å². The topological polar surface area (TPSA) is 109 Å². The van der Waals surface area contributed by atoms with Gasteiger partial charge in [-0.15, -0.1) is 0 Å². The number of ketones is 1. The lowest BCUT2D eigenvalue weighted by molar-refractivity contribution is -0.137. The summed E-state index contributed by atoms with van der Waals surface area (Å²) in [6.07, 6.45) is 3.02. The minimum atomic E-state index is -0.936. The van der Waals surface area contributed by atoms with Gasteiger partial charge in [0.15, 0.2) is 5.76 Å². The molecular formula is C27H32FN3O4. The summed E-state index contributed by atoms with van der Waals surface area (Å²) in [7, 11) is 0. The van der Waals surface area contributed by atoms with E-state index in [0.717, 1.165) is 36.1 Å². The molecule has 0 unspecified atom stereocenters. The number of aromatic amines is 1. The van der Waals surface area contributed by atoms with Gasteiger partial charge >= 0.3 is 5.97 Å². The number of carbonyl (C=O) groups excluding carboxylic acids is 1. The second-order valence-corrected chi connectivity index (χ2v) is 10.1. The third-order valence-electron chi connectivity index (χ3n) is 6.40. The number of nitrogens with zero attached hydrogens (tertiary/aromatic N) is 2. The van der Waals surface area contributed by atoms with Gasteiger partial charge in [-0.05, 0) is 67.7 Å². The first-order valence-corrected chi connectivity index (χ1v) is 12.2. The van der Waals surface area contributed by atoms with Crippen LogP contribution in [-0.4, -0.2) is 32.2 Å². The van der Waals surface area contributed by atoms with Crippen LogP contribution in [0.4, 0.5) is 4.39 Å². The van der Waals surface area contributed by atoms with Crippen molar-refractivity contribution in [1.82, 2.24) is 15.4 Å². The van der Waals surface area contributed by atoms with E-state index >= 15 is 0 Å². The molecule has 0 radical (unpaired) electrons. The van der Waals surface area contributed by atoms with Gasteiger partial charge < -0.3 is 9.63 Å². The Morgan fingerprint density at radius 3 is 2.69 bits per heavy atom. The number of aromatic nitrogens is 3. The van der Waals surface area contributed by atoms with Crippen LogP contribution in [0, 0.1) is 18.7 Å². The standard InChI is InChI=1S/C27H32FN3O4/c1-15(2)10-20-14-23(30-29-20)27-25(17-6-7-17)26(31-35-27)19(8-9-24(33)34)13-21(32)12-18-5-4-16(3)11-22(18)28/h4-5,11,14-15,17,19H,6-10,12-13H2,1-3H3,(H,29,30)(H,33,34)/t19-/m0/s1. The van der Waals surface area contributed by atoms with Crippen LogP contribution in [0.25, 0.3) is 11.5 Å². The van der Waals surface area contributed by atoms with E-state index in [1.54, 1.807) is 19.1 Å². The zero-order chi connectivity index (χ0) is 25.1. The van der Waals surface area contributed by atoms with E-state index in [1.165, 1.54) is 6.07 Å². The van der Waals surface area contributed by atoms with Crippen LogP contribution in [0.15, 0.2) is 28.8 Å². The molecule has 2 N–H and O–H groups in total. The van der Waals surface area contributed by atoms with Gasteiger partial charge in [-0.1, -0.05) is 31.1 Å². The van der Waals surface area contributed by atoms with E-state index < -0.39 is 17.7 Å². The smallest absolute Gasteiger partial charge is 0.303 e. The van der Waals surface area contributed by atoms with Gasteiger partial charge in [0.1, 0.15) is 17.3 Å². The van der Waals surface area contributed by atoms with Crippen molar-refractivity contribution in [3.63, 3.8) is 0 Å². The molecular weight excluding hydrogens is 449 g/mol. The molecule has 0 amide bonds. The van der Waals surface area contributed by atoms with Gasteiger partial charge in [-0.2, -0.15) is 5.10 Å². The van der Waals surface area contributed by atoms with Crippen molar-refractivity contribution in [2.75, 3.05) is 0 Å². The van der Waals surface area contributed by atoms with Gasteiger partial charge in [0.2, 0.25) is 0 Å². The number of hydrogen-bond acceptors (Lipinski definition) is 5. The molecule has 1 aliphatic rings. The van der Waals surface area contributed by atoms with Crippen LogP contribution in [0.2, 0.25) is 0 Å². The number of carboxylic acids is 1. The molecule has 0 spiro atoms. The minimum Gasteiger partial charge on any atom is -0.481 e. The van der Waals surface area contributed by atoms with E-state index in [-0.39, 0.29) is 37.4 Å². The van der Waals surface area contributed by atoms with Crippen molar-refractivity contribution in [1.29, 1.82) is 0 Å². The predicted octanol–water partition coefficient (Wildman–Crippen LogP) is 5.74. The summed E-state index contributed by atoms with van der Waals surface area (Å²) in [5.41, 5.74) is 4.37. The number of H-pyrrole nitrogens is 1. The molecule has 0 bridgehead atoms. The Kier molecular flexibility index (Phi) is 7.48. The molecule has 186 valence electrons. The van der Waals surface area contributed by atoms with Crippen molar-refractivity contribution in [3.8, 4) is 11.5 Å². The molecule has 1 aliphatic carbocycles. The Balaban J connectivity index is 1.60. The number of carboxylic acid groups (broad SMARTS) is 1. The Morgan fingerprint density at radius 1 is 1.26 bits per heavy atom. The molecule has 1 atom stereocenters. The Morgan fingerprint density at radius 2 is 2.03 bits per heavy atom. The first-order valence-electron chi connectivity index (χ1n) is 12.2. The van der Waals surface area contributed by atoms with Crippen LogP contribution in [-0.2, 0) is 22.4 Å². The zero-order valence-corrected chi connectivity index (χ0v) is 20.4. The lowest BCUT2D eigenvalue weighted by Gasteiger charge is -2.15. The lowest BCUT2D eigenvalue weighted by atomic mass is 9.87. The number of rotatable bonds is 12. The summed E-state index contributed by atoms with van der Waals surface area (Å²) in [5, 5.41) is 21.1. The average molecular weight is 482 g/mol. The number of Topliss-reactive ketones (excluding diaryl/α,β-unsaturated/α-hetero) is 1. The summed E-state index contributed by atoms with van der Waals surface area (Å²) in [6, 6.07) is 6.79. The van der Waals surface area contributed by atoms with E-state index in [4.69, 9.17) is 4.52 Å². The van der Waals surface area contributed by atoms with E-state index in [2.05, 4.69) is 29.2 Å². The number of benzene rings is 1. The van der Waals surface area contributed by atoms with Crippen LogP contribution in [0.5, 0.6) is 0 Å². The first kappa shape index (κ1) is 24.8. The largest absolute Gasteiger partial charge is 0.481 e. The summed E-state index contributed by atoms with van der Waals surface area (Å²) in [4.78, 5) is 24.3. The molecule has 8 heteroatoms. The molecule has 4 rings (SSSR count). The molecule has 7 nitrogen and oxygen atoms in total. The van der Waals surface area contributed by atoms with Gasteiger partial charge in [0.05, 0.1) is 5.69 Å². The van der Waals surface area contributed by atoms with E-state index in [9.17, 15) is 19.1 Å². The van der Waals surface area contributed by atoms with Crippen molar-refractivity contribution < 1.29 is 23.6 Å². The SMILES string of the molecule is Cc1ccc(CC(=O)C[C@H](CCC(=O)O)c2noc(-c3cc(CC(C)C)[nH]n3)c2C2CC2)c(F)c1. The highest BCUT2D eigenvalue weighted by atomic mass is 19.1. The fraction of sp³-hybridized carbons (Fsp3) is 0.481. The van der Waals surface area contributed by atoms with Crippen molar-refractivity contribution in [2.45, 2.75) is 77.6 Å². The van der Waals surface area contributed by atoms with E-state index in [1.807, 2.05) is 6.07 Å². The highest BCUT2D eigenvalue weighted by Gasteiger charge is 2.37. The van der Waals surface area contributed by atoms with Crippen LogP contribution in [0.1, 0.15) is 85.9 Å². The van der Waals surface area contributed by atoms with Gasteiger partial charge in [-0.25, -0.2) is 4.39 Å². The van der Waals surface area contributed by atoms with Gasteiger partial charge in [-0.3, -0.25) is 14.7 Å². The fourth-order valence-electron chi connectivity index (χ4n) is 4.57. The molecule has 1 aromatic carbocycles. The number of carbonyl (C=O) groups is 2. The Hall–Kier alpha value is -3.29. The maximum Gasteiger partial charge on any atom is 0.303 e. The second kappa shape index (κ2) is 10.5. The Labute approximate surface area is 204 Å². The number of aliphatic carboxylic acids is 1.